The van der Waals surface area contributed by atoms with E-state index >= 15 is 0 Å². The van der Waals surface area contributed by atoms with Gasteiger partial charge >= 0.3 is 0 Å². The number of carbonyl (C=O) groups excluding carboxylic acids is 2. The Labute approximate surface area is 113 Å². The van der Waals surface area contributed by atoms with Crippen molar-refractivity contribution in [3.63, 3.8) is 0 Å². The number of rotatable bonds is 0. The molecule has 2 heteroatoms. The maximum atomic E-state index is 12.4. The van der Waals surface area contributed by atoms with Crippen LogP contribution in [0.1, 0.15) is 39.5 Å². The zero-order valence-corrected chi connectivity index (χ0v) is 11.5. The summed E-state index contributed by atoms with van der Waals surface area (Å²) < 4.78 is 0. The topological polar surface area (TPSA) is 34.1 Å². The van der Waals surface area contributed by atoms with Gasteiger partial charge in [-0.15, -0.1) is 5.73 Å². The highest BCUT2D eigenvalue weighted by molar-refractivity contribution is 6.17. The number of fused-ring (bicyclic) bond motifs is 2. The molecule has 0 amide bonds. The molecular formula is C17H18O2. The minimum absolute atomic E-state index is 0.0161. The summed E-state index contributed by atoms with van der Waals surface area (Å²) in [7, 11) is 0. The van der Waals surface area contributed by atoms with Crippen LogP contribution >= 0.6 is 0 Å². The van der Waals surface area contributed by atoms with Crippen LogP contribution in [-0.4, -0.2) is 11.6 Å². The molecular weight excluding hydrogens is 236 g/mol. The lowest BCUT2D eigenvalue weighted by molar-refractivity contribution is -0.118. The second-order valence-corrected chi connectivity index (χ2v) is 5.91. The first-order valence-electron chi connectivity index (χ1n) is 6.96. The first-order chi connectivity index (χ1) is 9.00. The van der Waals surface area contributed by atoms with Crippen LogP contribution < -0.4 is 0 Å². The predicted octanol–water partition coefficient (Wildman–Crippen LogP) is 3.30. The van der Waals surface area contributed by atoms with Gasteiger partial charge in [0.05, 0.1) is 0 Å². The lowest BCUT2D eigenvalue weighted by atomic mass is 9.75. The normalized spacial score (nSPS) is 30.7. The van der Waals surface area contributed by atoms with E-state index in [2.05, 4.69) is 12.3 Å². The summed E-state index contributed by atoms with van der Waals surface area (Å²) in [5, 5.41) is 0. The molecule has 3 rings (SSSR count). The van der Waals surface area contributed by atoms with Gasteiger partial charge in [-0.2, -0.15) is 0 Å². The fourth-order valence-electron chi connectivity index (χ4n) is 3.53. The third-order valence-electron chi connectivity index (χ3n) is 4.50. The standard InChI is InChI=1S/C17H18O2/c1-9-5-4-6-12-7-10(2)16(18)13-8-11(3)17(19)15(13)14(9)12/h11,14H,1,4-6,8H2,2-3H3. The summed E-state index contributed by atoms with van der Waals surface area (Å²) >= 11 is 0. The van der Waals surface area contributed by atoms with E-state index in [0.29, 0.717) is 12.0 Å². The van der Waals surface area contributed by atoms with Gasteiger partial charge in [0, 0.05) is 28.6 Å². The number of hydrogen-bond acceptors (Lipinski definition) is 2. The monoisotopic (exact) mass is 254 g/mol. The fraction of sp³-hybridized carbons (Fsp3) is 0.471. The highest BCUT2D eigenvalue weighted by Gasteiger charge is 2.41. The summed E-state index contributed by atoms with van der Waals surface area (Å²) in [6, 6.07) is 0. The molecule has 19 heavy (non-hydrogen) atoms. The van der Waals surface area contributed by atoms with E-state index in [9.17, 15) is 9.59 Å². The van der Waals surface area contributed by atoms with Crippen molar-refractivity contribution in [1.29, 1.82) is 0 Å². The first kappa shape index (κ1) is 12.4. The third-order valence-corrected chi connectivity index (χ3v) is 4.50. The third kappa shape index (κ3) is 1.71. The van der Waals surface area contributed by atoms with Gasteiger partial charge in [-0.1, -0.05) is 19.1 Å². The van der Waals surface area contributed by atoms with Crippen molar-refractivity contribution in [2.24, 2.45) is 11.8 Å². The summed E-state index contributed by atoms with van der Waals surface area (Å²) in [5.41, 5.74) is 7.54. The van der Waals surface area contributed by atoms with Crippen molar-refractivity contribution in [2.45, 2.75) is 39.5 Å². The molecule has 98 valence electrons. The van der Waals surface area contributed by atoms with Crippen LogP contribution in [0.15, 0.2) is 40.2 Å². The van der Waals surface area contributed by atoms with Crippen molar-refractivity contribution in [1.82, 2.24) is 0 Å². The van der Waals surface area contributed by atoms with Crippen LogP contribution in [-0.2, 0) is 9.59 Å². The number of Topliss-reactive ketones (excluding diaryl/α,β-unsaturated/α-hetero) is 2. The van der Waals surface area contributed by atoms with E-state index in [1.807, 2.05) is 13.8 Å². The molecule has 0 radical (unpaired) electrons. The Balaban J connectivity index is 2.24. The molecule has 0 aromatic rings. The van der Waals surface area contributed by atoms with Gasteiger partial charge in [0.2, 0.25) is 0 Å². The SMILES string of the molecule is C=C1CCCC2=C=C(C)C(=O)C3=C(C(=O)C(C)C3)C12. The van der Waals surface area contributed by atoms with Crippen LogP contribution in [0.5, 0.6) is 0 Å². The average molecular weight is 254 g/mol. The maximum absolute atomic E-state index is 12.4. The largest absolute Gasteiger partial charge is 0.294 e. The minimum Gasteiger partial charge on any atom is -0.294 e. The van der Waals surface area contributed by atoms with Crippen LogP contribution in [0, 0.1) is 11.8 Å². The van der Waals surface area contributed by atoms with E-state index in [4.69, 9.17) is 0 Å². The Morgan fingerprint density at radius 2 is 2.00 bits per heavy atom. The van der Waals surface area contributed by atoms with Gasteiger partial charge in [-0.3, -0.25) is 9.59 Å². The minimum atomic E-state index is -0.0594. The quantitative estimate of drug-likeness (QED) is 0.491. The van der Waals surface area contributed by atoms with Crippen LogP contribution in [0.25, 0.3) is 0 Å². The van der Waals surface area contributed by atoms with E-state index in [1.165, 1.54) is 0 Å². The predicted molar refractivity (Wildman–Crippen MR) is 73.5 cm³/mol. The smallest absolute Gasteiger partial charge is 0.192 e. The molecule has 0 aromatic carbocycles. The van der Waals surface area contributed by atoms with Gasteiger partial charge in [0.15, 0.2) is 11.6 Å². The van der Waals surface area contributed by atoms with Gasteiger partial charge < -0.3 is 0 Å². The summed E-state index contributed by atoms with van der Waals surface area (Å²) in [5.74, 6) is 0.0613. The average Bonchev–Trinajstić information content (AvgIpc) is 2.60. The van der Waals surface area contributed by atoms with Crippen molar-refractivity contribution >= 4 is 11.6 Å². The lowest BCUT2D eigenvalue weighted by Crippen LogP contribution is -2.20. The number of carbonyl (C=O) groups is 2. The fourth-order valence-corrected chi connectivity index (χ4v) is 3.53. The molecule has 2 nitrogen and oxygen atoms in total. The Bertz CT molecular complexity index is 609. The molecule has 0 aliphatic heterocycles. The molecule has 0 heterocycles. The second kappa shape index (κ2) is 4.18. The highest BCUT2D eigenvalue weighted by Crippen LogP contribution is 2.45. The van der Waals surface area contributed by atoms with Crippen LogP contribution in [0.2, 0.25) is 0 Å². The Morgan fingerprint density at radius 1 is 1.26 bits per heavy atom. The molecule has 2 unspecified atom stereocenters. The Morgan fingerprint density at radius 3 is 2.74 bits per heavy atom. The summed E-state index contributed by atoms with van der Waals surface area (Å²) in [6.07, 6.45) is 3.50. The molecule has 3 aliphatic rings. The van der Waals surface area contributed by atoms with Crippen LogP contribution in [0.3, 0.4) is 0 Å². The molecule has 0 spiro atoms. The van der Waals surface area contributed by atoms with Crippen LogP contribution in [0.4, 0.5) is 0 Å². The van der Waals surface area contributed by atoms with E-state index < -0.39 is 0 Å². The van der Waals surface area contributed by atoms with Gasteiger partial charge in [-0.05, 0) is 38.2 Å². The molecule has 1 fully saturated rings. The number of allylic oxidation sites excluding steroid dienone is 4. The number of ketones is 2. The van der Waals surface area contributed by atoms with Gasteiger partial charge in [0.25, 0.3) is 0 Å². The van der Waals surface area contributed by atoms with Crippen molar-refractivity contribution in [3.05, 3.63) is 40.2 Å². The second-order valence-electron chi connectivity index (χ2n) is 5.91. The zero-order valence-electron chi connectivity index (χ0n) is 11.5. The van der Waals surface area contributed by atoms with E-state index in [0.717, 1.165) is 41.6 Å². The van der Waals surface area contributed by atoms with E-state index in [-0.39, 0.29) is 23.4 Å². The molecule has 0 N–H and O–H groups in total. The molecule has 0 saturated heterocycles. The van der Waals surface area contributed by atoms with Gasteiger partial charge in [0.1, 0.15) is 0 Å². The Kier molecular flexibility index (Phi) is 2.72. The van der Waals surface area contributed by atoms with Crippen molar-refractivity contribution in [2.75, 3.05) is 0 Å². The lowest BCUT2D eigenvalue weighted by Gasteiger charge is -2.27. The first-order valence-corrected chi connectivity index (χ1v) is 6.96. The molecule has 0 bridgehead atoms. The van der Waals surface area contributed by atoms with Gasteiger partial charge in [-0.25, -0.2) is 0 Å². The molecule has 1 saturated carbocycles. The molecule has 0 aromatic heterocycles. The van der Waals surface area contributed by atoms with E-state index in [1.54, 1.807) is 0 Å². The molecule has 2 atom stereocenters. The number of hydrogen-bond donors (Lipinski definition) is 0. The maximum Gasteiger partial charge on any atom is 0.192 e. The summed E-state index contributed by atoms with van der Waals surface area (Å²) in [6.45, 7) is 7.87. The zero-order chi connectivity index (χ0) is 13.7. The summed E-state index contributed by atoms with van der Waals surface area (Å²) in [4.78, 5) is 24.9. The molecule has 3 aliphatic carbocycles. The van der Waals surface area contributed by atoms with Crippen molar-refractivity contribution in [3.8, 4) is 0 Å². The highest BCUT2D eigenvalue weighted by atomic mass is 16.1. The Hall–Kier alpha value is -1.66. The van der Waals surface area contributed by atoms with Crippen molar-refractivity contribution < 1.29 is 9.59 Å².